The van der Waals surface area contributed by atoms with Crippen LogP contribution in [-0.4, -0.2) is 51.3 Å². The minimum Gasteiger partial charge on any atom is -0.403 e. The van der Waals surface area contributed by atoms with Gasteiger partial charge in [-0.2, -0.15) is 0 Å². The normalized spacial score (nSPS) is 16.7. The quantitative estimate of drug-likeness (QED) is 0.407. The number of ether oxygens (including phenoxy) is 1. The summed E-state index contributed by atoms with van der Waals surface area (Å²) in [6, 6.07) is 5.74. The van der Waals surface area contributed by atoms with Gasteiger partial charge in [-0.05, 0) is 56.4 Å². The molecular formula is C27H35FN8O2. The smallest absolute Gasteiger partial charge is 0.403 e. The number of piperidine rings is 1. The molecule has 5 rings (SSSR count). The summed E-state index contributed by atoms with van der Waals surface area (Å²) in [5, 5.41) is 3.70. The predicted octanol–water partition coefficient (Wildman–Crippen LogP) is 3.74. The fourth-order valence-corrected chi connectivity index (χ4v) is 5.55. The Balaban J connectivity index is 1.34. The molecule has 0 radical (unpaired) electrons. The van der Waals surface area contributed by atoms with Gasteiger partial charge in [-0.15, -0.1) is 0 Å². The summed E-state index contributed by atoms with van der Waals surface area (Å²) in [4.78, 5) is 26.7. The number of nitrogen functional groups attached to an aromatic ring is 1. The van der Waals surface area contributed by atoms with Crippen LogP contribution < -0.4 is 26.4 Å². The summed E-state index contributed by atoms with van der Waals surface area (Å²) in [6.07, 6.45) is 9.22. The highest BCUT2D eigenvalue weighted by molar-refractivity contribution is 5.74. The van der Waals surface area contributed by atoms with Crippen LogP contribution in [0.4, 0.5) is 20.8 Å². The summed E-state index contributed by atoms with van der Waals surface area (Å²) in [5.74, 6) is 1.67. The minimum atomic E-state index is -0.959. The Hall–Kier alpha value is -3.73. The van der Waals surface area contributed by atoms with Crippen molar-refractivity contribution in [3.8, 4) is 17.0 Å². The zero-order chi connectivity index (χ0) is 26.6. The number of aromatic nitrogens is 4. The number of nitrogens with two attached hydrogens (primary N) is 2. The molecule has 0 bridgehead atoms. The Morgan fingerprint density at radius 1 is 1.18 bits per heavy atom. The van der Waals surface area contributed by atoms with Crippen molar-refractivity contribution in [3.63, 3.8) is 0 Å². The Kier molecular flexibility index (Phi) is 7.73. The van der Waals surface area contributed by atoms with Gasteiger partial charge in [-0.3, -0.25) is 0 Å². The van der Waals surface area contributed by atoms with Crippen LogP contribution in [0.3, 0.4) is 0 Å². The Morgan fingerprint density at radius 2 is 1.95 bits per heavy atom. The fraction of sp³-hybridized carbons (Fsp3) is 0.481. The summed E-state index contributed by atoms with van der Waals surface area (Å²) in [7, 11) is 0. The van der Waals surface area contributed by atoms with Gasteiger partial charge in [0.1, 0.15) is 18.0 Å². The number of amides is 1. The van der Waals surface area contributed by atoms with Crippen LogP contribution >= 0.6 is 0 Å². The molecule has 1 aromatic carbocycles. The van der Waals surface area contributed by atoms with E-state index in [1.807, 2.05) is 11.0 Å². The van der Waals surface area contributed by atoms with Crippen molar-refractivity contribution in [2.75, 3.05) is 30.3 Å². The Morgan fingerprint density at radius 3 is 2.66 bits per heavy atom. The van der Waals surface area contributed by atoms with Gasteiger partial charge < -0.3 is 31.0 Å². The molecule has 10 nitrogen and oxygen atoms in total. The first-order valence-corrected chi connectivity index (χ1v) is 13.3. The number of hydrogen-bond donors (Lipinski definition) is 3. The van der Waals surface area contributed by atoms with Crippen LogP contribution in [0.15, 0.2) is 30.7 Å². The largest absolute Gasteiger partial charge is 0.410 e. The molecule has 0 spiro atoms. The van der Waals surface area contributed by atoms with E-state index in [1.165, 1.54) is 38.1 Å². The molecule has 1 saturated carbocycles. The maximum atomic E-state index is 13.9. The molecule has 5 N–H and O–H groups in total. The average Bonchev–Trinajstić information content (AvgIpc) is 3.57. The second kappa shape index (κ2) is 11.3. The molecule has 1 amide bonds. The second-order valence-corrected chi connectivity index (χ2v) is 10.2. The van der Waals surface area contributed by atoms with Crippen LogP contribution in [0.1, 0.15) is 55.8 Å². The number of primary amides is 1. The highest BCUT2D eigenvalue weighted by atomic mass is 19.1. The van der Waals surface area contributed by atoms with Gasteiger partial charge in [0.2, 0.25) is 5.75 Å². The number of hydrogen-bond acceptors (Lipinski definition) is 8. The Bertz CT molecular complexity index is 1280. The summed E-state index contributed by atoms with van der Waals surface area (Å²) in [6.45, 7) is 4.82. The molecule has 0 atom stereocenters. The average molecular weight is 523 g/mol. The van der Waals surface area contributed by atoms with Gasteiger partial charge in [0.05, 0.1) is 5.69 Å². The number of halogens is 1. The number of aryl methyl sites for hydroxylation is 1. The number of benzene rings is 1. The van der Waals surface area contributed by atoms with E-state index in [0.29, 0.717) is 30.5 Å². The molecule has 1 saturated heterocycles. The molecule has 38 heavy (non-hydrogen) atoms. The third-order valence-corrected chi connectivity index (χ3v) is 7.58. The molecule has 11 heteroatoms. The molecule has 2 aromatic heterocycles. The number of imidazole rings is 1. The van der Waals surface area contributed by atoms with Crippen molar-refractivity contribution in [3.05, 3.63) is 47.9 Å². The lowest BCUT2D eigenvalue weighted by Gasteiger charge is -2.33. The molecule has 2 fully saturated rings. The molecule has 0 unspecified atom stereocenters. The first kappa shape index (κ1) is 25.9. The van der Waals surface area contributed by atoms with Crippen LogP contribution in [0.2, 0.25) is 0 Å². The van der Waals surface area contributed by atoms with Gasteiger partial charge >= 0.3 is 6.09 Å². The third kappa shape index (κ3) is 5.72. The maximum Gasteiger partial charge on any atom is 0.410 e. The molecule has 202 valence electrons. The summed E-state index contributed by atoms with van der Waals surface area (Å²) >= 11 is 0. The van der Waals surface area contributed by atoms with E-state index >= 15 is 0 Å². The van der Waals surface area contributed by atoms with Gasteiger partial charge in [0, 0.05) is 49.9 Å². The lowest BCUT2D eigenvalue weighted by Crippen LogP contribution is -2.35. The molecule has 2 aliphatic rings. The first-order valence-electron chi connectivity index (χ1n) is 13.3. The highest BCUT2D eigenvalue weighted by Gasteiger charge is 2.28. The van der Waals surface area contributed by atoms with Gasteiger partial charge in [-0.1, -0.05) is 12.8 Å². The van der Waals surface area contributed by atoms with E-state index in [2.05, 4.69) is 26.0 Å². The minimum absolute atomic E-state index is 0.0699. The number of carbonyl (C=O) groups excluding carboxylic acids is 1. The van der Waals surface area contributed by atoms with E-state index < -0.39 is 6.09 Å². The highest BCUT2D eigenvalue weighted by Crippen LogP contribution is 2.36. The monoisotopic (exact) mass is 522 g/mol. The van der Waals surface area contributed by atoms with Crippen molar-refractivity contribution < 1.29 is 13.9 Å². The van der Waals surface area contributed by atoms with Crippen LogP contribution in [-0.2, 0) is 6.54 Å². The van der Waals surface area contributed by atoms with Crippen molar-refractivity contribution in [2.24, 2.45) is 5.73 Å². The Labute approximate surface area is 221 Å². The SMILES string of the molecule is Cc1cc(-c2cn(CCNC3CCCC3)c(C3CCN(c4ncnc(N)c4OC(N)=O)CC3)n2)ccc1F. The standard InChI is InChI=1S/C27H35FN8O2/c1-17-14-19(6-7-21(17)28)22-15-36(13-10-31-20-4-2-3-5-20)25(34-22)18-8-11-35(12-9-18)26-23(38-27(30)37)24(29)32-16-33-26/h6-7,14-16,18,20,31H,2-5,8-13H2,1H3,(H2,30,37)(H2,29,32,33). The number of carbonyl (C=O) groups is 1. The lowest BCUT2D eigenvalue weighted by molar-refractivity contribution is 0.211. The number of rotatable bonds is 8. The summed E-state index contributed by atoms with van der Waals surface area (Å²) in [5.41, 5.74) is 13.5. The van der Waals surface area contributed by atoms with Crippen molar-refractivity contribution in [1.82, 2.24) is 24.8 Å². The van der Waals surface area contributed by atoms with Crippen LogP contribution in [0.5, 0.6) is 5.75 Å². The molecule has 3 heterocycles. The van der Waals surface area contributed by atoms with Crippen LogP contribution in [0.25, 0.3) is 11.3 Å². The van der Waals surface area contributed by atoms with Crippen molar-refractivity contribution >= 4 is 17.7 Å². The summed E-state index contributed by atoms with van der Waals surface area (Å²) < 4.78 is 21.3. The maximum absolute atomic E-state index is 13.9. The fourth-order valence-electron chi connectivity index (χ4n) is 5.55. The van der Waals surface area contributed by atoms with Crippen LogP contribution in [0, 0.1) is 12.7 Å². The molecule has 1 aliphatic carbocycles. The second-order valence-electron chi connectivity index (χ2n) is 10.2. The first-order chi connectivity index (χ1) is 18.4. The van der Waals surface area contributed by atoms with E-state index in [-0.39, 0.29) is 23.3 Å². The van der Waals surface area contributed by atoms with Crippen molar-refractivity contribution in [2.45, 2.75) is 64.0 Å². The third-order valence-electron chi connectivity index (χ3n) is 7.58. The van der Waals surface area contributed by atoms with E-state index in [9.17, 15) is 9.18 Å². The number of anilines is 2. The van der Waals surface area contributed by atoms with Gasteiger partial charge in [-0.25, -0.2) is 24.1 Å². The zero-order valence-electron chi connectivity index (χ0n) is 21.7. The van der Waals surface area contributed by atoms with Gasteiger partial charge in [0.15, 0.2) is 11.6 Å². The predicted molar refractivity (Wildman–Crippen MR) is 143 cm³/mol. The lowest BCUT2D eigenvalue weighted by atomic mass is 9.95. The molecule has 3 aromatic rings. The van der Waals surface area contributed by atoms with E-state index in [1.54, 1.807) is 13.0 Å². The van der Waals surface area contributed by atoms with E-state index in [4.69, 9.17) is 21.2 Å². The van der Waals surface area contributed by atoms with E-state index in [0.717, 1.165) is 43.0 Å². The molecule has 1 aliphatic heterocycles. The zero-order valence-corrected chi connectivity index (χ0v) is 21.7. The number of nitrogens with one attached hydrogen (secondary N) is 1. The number of nitrogens with zero attached hydrogens (tertiary/aromatic N) is 5. The molecular weight excluding hydrogens is 487 g/mol. The van der Waals surface area contributed by atoms with Crippen molar-refractivity contribution in [1.29, 1.82) is 0 Å². The van der Waals surface area contributed by atoms with Gasteiger partial charge in [0.25, 0.3) is 0 Å². The topological polar surface area (TPSA) is 137 Å².